The number of carbonyl (C=O) groups is 2. The third-order valence-corrected chi connectivity index (χ3v) is 5.27. The molecule has 3 rings (SSSR count). The second kappa shape index (κ2) is 8.14. The molecule has 1 N–H and O–H groups in total. The molecule has 0 bridgehead atoms. The van der Waals surface area contributed by atoms with Crippen molar-refractivity contribution in [3.8, 4) is 11.5 Å². The third-order valence-electron chi connectivity index (χ3n) is 4.05. The van der Waals surface area contributed by atoms with Crippen LogP contribution in [-0.2, 0) is 11.3 Å². The molecule has 2 aromatic rings. The number of thioether (sulfide) groups is 1. The van der Waals surface area contributed by atoms with Crippen molar-refractivity contribution in [1.82, 2.24) is 10.2 Å². The van der Waals surface area contributed by atoms with Crippen molar-refractivity contribution in [2.75, 3.05) is 14.2 Å². The number of rotatable bonds is 6. The molecule has 136 valence electrons. The Morgan fingerprint density at radius 1 is 1.19 bits per heavy atom. The zero-order valence-corrected chi connectivity index (χ0v) is 15.4. The highest BCUT2D eigenvalue weighted by Gasteiger charge is 2.41. The number of hydrogen-bond acceptors (Lipinski definition) is 5. The van der Waals surface area contributed by atoms with Crippen LogP contribution in [0.2, 0.25) is 0 Å². The lowest BCUT2D eigenvalue weighted by atomic mass is 10.2. The van der Waals surface area contributed by atoms with E-state index in [0.717, 1.165) is 10.5 Å². The number of likely N-dealkylation sites (tertiary alicyclic amines) is 1. The Bertz CT molecular complexity index is 797. The summed E-state index contributed by atoms with van der Waals surface area (Å²) in [5, 5.41) is 2.53. The quantitative estimate of drug-likeness (QED) is 0.789. The lowest BCUT2D eigenvalue weighted by molar-refractivity contribution is -0.137. The predicted molar refractivity (Wildman–Crippen MR) is 99.3 cm³/mol. The van der Waals surface area contributed by atoms with Gasteiger partial charge < -0.3 is 14.8 Å². The average Bonchev–Trinajstić information content (AvgIpc) is 2.66. The summed E-state index contributed by atoms with van der Waals surface area (Å²) in [6, 6.07) is 14.6. The van der Waals surface area contributed by atoms with Crippen LogP contribution in [-0.4, -0.2) is 36.4 Å². The zero-order chi connectivity index (χ0) is 18.5. The van der Waals surface area contributed by atoms with Crippen LogP contribution in [0.1, 0.15) is 12.0 Å². The Hall–Kier alpha value is -2.67. The first-order valence-corrected chi connectivity index (χ1v) is 9.03. The number of β-lactam (4-membered cyclic amide) rings is 1. The molecule has 2 aromatic carbocycles. The number of amides is 3. The van der Waals surface area contributed by atoms with Crippen molar-refractivity contribution in [2.45, 2.75) is 23.2 Å². The fourth-order valence-electron chi connectivity index (χ4n) is 2.61. The lowest BCUT2D eigenvalue weighted by Crippen LogP contribution is -2.57. The molecule has 1 saturated heterocycles. The summed E-state index contributed by atoms with van der Waals surface area (Å²) in [4.78, 5) is 26.5. The summed E-state index contributed by atoms with van der Waals surface area (Å²) >= 11 is 1.41. The van der Waals surface area contributed by atoms with Gasteiger partial charge in [0, 0.05) is 6.54 Å². The minimum absolute atomic E-state index is 0.185. The number of ether oxygens (including phenoxy) is 2. The van der Waals surface area contributed by atoms with Gasteiger partial charge >= 0.3 is 6.03 Å². The number of nitrogens with one attached hydrogen (secondary N) is 1. The SMILES string of the molecule is COc1ccc(OC)c(SC2CC(=O)N2C(=O)NCc2ccccc2)c1. The van der Waals surface area contributed by atoms with E-state index in [1.165, 1.54) is 16.7 Å². The van der Waals surface area contributed by atoms with E-state index >= 15 is 0 Å². The molecule has 1 aliphatic rings. The highest BCUT2D eigenvalue weighted by Crippen LogP contribution is 2.40. The van der Waals surface area contributed by atoms with Crippen molar-refractivity contribution < 1.29 is 19.1 Å². The minimum Gasteiger partial charge on any atom is -0.497 e. The van der Waals surface area contributed by atoms with Crippen LogP contribution in [0.4, 0.5) is 4.79 Å². The van der Waals surface area contributed by atoms with Crippen molar-refractivity contribution in [3.63, 3.8) is 0 Å². The number of benzene rings is 2. The molecule has 0 aromatic heterocycles. The van der Waals surface area contributed by atoms with E-state index in [-0.39, 0.29) is 17.3 Å². The Morgan fingerprint density at radius 3 is 2.62 bits per heavy atom. The van der Waals surface area contributed by atoms with E-state index in [9.17, 15) is 9.59 Å². The van der Waals surface area contributed by atoms with Gasteiger partial charge in [-0.1, -0.05) is 42.1 Å². The topological polar surface area (TPSA) is 67.9 Å². The second-order valence-electron chi connectivity index (χ2n) is 5.70. The maximum atomic E-state index is 12.4. The van der Waals surface area contributed by atoms with Gasteiger partial charge in [-0.15, -0.1) is 0 Å². The number of methoxy groups -OCH3 is 2. The van der Waals surface area contributed by atoms with Crippen LogP contribution < -0.4 is 14.8 Å². The molecule has 26 heavy (non-hydrogen) atoms. The molecule has 0 spiro atoms. The molecule has 1 unspecified atom stereocenters. The summed E-state index contributed by atoms with van der Waals surface area (Å²) in [7, 11) is 3.18. The Kier molecular flexibility index (Phi) is 5.68. The number of imide groups is 1. The van der Waals surface area contributed by atoms with E-state index in [0.29, 0.717) is 24.5 Å². The molecule has 0 aliphatic carbocycles. The van der Waals surface area contributed by atoms with E-state index in [1.807, 2.05) is 42.5 Å². The monoisotopic (exact) mass is 372 g/mol. The highest BCUT2D eigenvalue weighted by molar-refractivity contribution is 8.00. The van der Waals surface area contributed by atoms with Crippen LogP contribution in [0.5, 0.6) is 11.5 Å². The van der Waals surface area contributed by atoms with Gasteiger partial charge in [-0.05, 0) is 23.8 Å². The Labute approximate surface area is 156 Å². The van der Waals surface area contributed by atoms with Gasteiger partial charge in [-0.3, -0.25) is 9.69 Å². The smallest absolute Gasteiger partial charge is 0.325 e. The van der Waals surface area contributed by atoms with Gasteiger partial charge in [0.25, 0.3) is 0 Å². The molecule has 1 aliphatic heterocycles. The van der Waals surface area contributed by atoms with Crippen LogP contribution in [0.3, 0.4) is 0 Å². The van der Waals surface area contributed by atoms with Crippen molar-refractivity contribution >= 4 is 23.7 Å². The van der Waals surface area contributed by atoms with Crippen molar-refractivity contribution in [3.05, 3.63) is 54.1 Å². The molecule has 1 heterocycles. The largest absolute Gasteiger partial charge is 0.497 e. The fraction of sp³-hybridized carbons (Fsp3) is 0.263. The maximum Gasteiger partial charge on any atom is 0.325 e. The number of nitrogens with zero attached hydrogens (tertiary/aromatic N) is 1. The molecule has 6 nitrogen and oxygen atoms in total. The molecule has 1 atom stereocenters. The standard InChI is InChI=1S/C19H20N2O4S/c1-24-14-8-9-15(25-2)16(10-14)26-18-11-17(22)21(18)19(23)20-12-13-6-4-3-5-7-13/h3-10,18H,11-12H2,1-2H3,(H,20,23). The van der Waals surface area contributed by atoms with Crippen LogP contribution in [0, 0.1) is 0 Å². The molecule has 0 saturated carbocycles. The van der Waals surface area contributed by atoms with E-state index in [2.05, 4.69) is 5.32 Å². The zero-order valence-electron chi connectivity index (χ0n) is 14.6. The Balaban J connectivity index is 1.66. The van der Waals surface area contributed by atoms with Gasteiger partial charge in [-0.2, -0.15) is 0 Å². The highest BCUT2D eigenvalue weighted by atomic mass is 32.2. The number of hydrogen-bond donors (Lipinski definition) is 1. The maximum absolute atomic E-state index is 12.4. The average molecular weight is 372 g/mol. The van der Waals surface area contributed by atoms with Gasteiger partial charge in [0.1, 0.15) is 16.9 Å². The first-order valence-electron chi connectivity index (χ1n) is 8.15. The summed E-state index contributed by atoms with van der Waals surface area (Å²) < 4.78 is 10.6. The van der Waals surface area contributed by atoms with Crippen molar-refractivity contribution in [2.24, 2.45) is 0 Å². The number of urea groups is 1. The van der Waals surface area contributed by atoms with Crippen LogP contribution in [0.15, 0.2) is 53.4 Å². The molecule has 0 radical (unpaired) electrons. The summed E-state index contributed by atoms with van der Waals surface area (Å²) in [6.45, 7) is 0.378. The third kappa shape index (κ3) is 3.94. The minimum atomic E-state index is -0.385. The summed E-state index contributed by atoms with van der Waals surface area (Å²) in [5.74, 6) is 1.19. The molecule has 7 heteroatoms. The number of carbonyl (C=O) groups excluding carboxylic acids is 2. The normalized spacial score (nSPS) is 16.0. The van der Waals surface area contributed by atoms with Gasteiger partial charge in [0.15, 0.2) is 0 Å². The van der Waals surface area contributed by atoms with Gasteiger partial charge in [-0.25, -0.2) is 4.79 Å². The molecular formula is C19H20N2O4S. The molecule has 1 fully saturated rings. The molecular weight excluding hydrogens is 352 g/mol. The van der Waals surface area contributed by atoms with Gasteiger partial charge in [0.05, 0.1) is 25.5 Å². The first-order chi connectivity index (χ1) is 12.6. The van der Waals surface area contributed by atoms with Crippen molar-refractivity contribution in [1.29, 1.82) is 0 Å². The second-order valence-corrected chi connectivity index (χ2v) is 6.92. The predicted octanol–water partition coefficient (Wildman–Crippen LogP) is 3.26. The van der Waals surface area contributed by atoms with Crippen LogP contribution >= 0.6 is 11.8 Å². The van der Waals surface area contributed by atoms with E-state index in [4.69, 9.17) is 9.47 Å². The van der Waals surface area contributed by atoms with Crippen LogP contribution in [0.25, 0.3) is 0 Å². The summed E-state index contributed by atoms with van der Waals surface area (Å²) in [6.07, 6.45) is 0.309. The molecule has 3 amide bonds. The van der Waals surface area contributed by atoms with Gasteiger partial charge in [0.2, 0.25) is 5.91 Å². The Morgan fingerprint density at radius 2 is 1.96 bits per heavy atom. The fourth-order valence-corrected chi connectivity index (χ4v) is 3.90. The van der Waals surface area contributed by atoms with E-state index < -0.39 is 0 Å². The van der Waals surface area contributed by atoms with E-state index in [1.54, 1.807) is 20.3 Å². The first kappa shape index (κ1) is 18.1. The summed E-state index contributed by atoms with van der Waals surface area (Å²) in [5.41, 5.74) is 0.979. The lowest BCUT2D eigenvalue weighted by Gasteiger charge is -2.38.